The lowest BCUT2D eigenvalue weighted by molar-refractivity contribution is -0.149. The summed E-state index contributed by atoms with van der Waals surface area (Å²) in [6.45, 7) is 1.60. The van der Waals surface area contributed by atoms with Gasteiger partial charge in [-0.25, -0.2) is 9.45 Å². The Balaban J connectivity index is 1.73. The minimum Gasteiger partial charge on any atom is -0.372 e. The van der Waals surface area contributed by atoms with Crippen LogP contribution in [-0.4, -0.2) is 51.8 Å². The van der Waals surface area contributed by atoms with Gasteiger partial charge in [-0.2, -0.15) is 0 Å². The van der Waals surface area contributed by atoms with Crippen molar-refractivity contribution in [3.63, 3.8) is 0 Å². The van der Waals surface area contributed by atoms with Crippen molar-refractivity contribution in [2.24, 2.45) is 0 Å². The Morgan fingerprint density at radius 3 is 2.71 bits per heavy atom. The highest BCUT2D eigenvalue weighted by Gasteiger charge is 2.51. The minimum absolute atomic E-state index is 0.0445. The monoisotopic (exact) mass is 449 g/mol. The molecule has 0 radical (unpaired) electrons. The molecule has 1 unspecified atom stereocenters. The van der Waals surface area contributed by atoms with Crippen LogP contribution >= 0.6 is 11.6 Å². The van der Waals surface area contributed by atoms with E-state index in [1.165, 1.54) is 35.2 Å². The molecular weight excluding hydrogens is 429 g/mol. The van der Waals surface area contributed by atoms with E-state index in [4.69, 9.17) is 11.6 Å². The van der Waals surface area contributed by atoms with Crippen molar-refractivity contribution in [1.82, 2.24) is 10.4 Å². The van der Waals surface area contributed by atoms with Gasteiger partial charge in [0.25, 0.3) is 17.7 Å². The van der Waals surface area contributed by atoms with Crippen LogP contribution in [0.25, 0.3) is 0 Å². The first kappa shape index (κ1) is 22.7. The lowest BCUT2D eigenvalue weighted by Gasteiger charge is -2.22. The molecule has 1 fully saturated rings. The van der Waals surface area contributed by atoms with E-state index in [-0.39, 0.29) is 36.6 Å². The summed E-state index contributed by atoms with van der Waals surface area (Å²) in [4.78, 5) is 38.8. The van der Waals surface area contributed by atoms with Crippen LogP contribution < -0.4 is 10.2 Å². The maximum absolute atomic E-state index is 13.4. The quantitative estimate of drug-likeness (QED) is 0.355. The van der Waals surface area contributed by atoms with Gasteiger partial charge in [-0.05, 0) is 48.9 Å². The van der Waals surface area contributed by atoms with Gasteiger partial charge >= 0.3 is 0 Å². The standard InChI is InChI=1S/C21H21ClFN3O5/c1-2-26(31)18(27)14-4-3-5-17(10-14)25-7-6-21(30,20(25)29)19(28)24-12-13-8-15(22)11-16(23)9-13/h3-5,8-11,30-31H,2,6-7,12H2,1H3,(H,24,28). The smallest absolute Gasteiger partial charge is 0.277 e. The lowest BCUT2D eigenvalue weighted by Crippen LogP contribution is -2.52. The van der Waals surface area contributed by atoms with Gasteiger partial charge in [0.2, 0.25) is 5.60 Å². The number of hydrogen-bond acceptors (Lipinski definition) is 5. The van der Waals surface area contributed by atoms with Crippen LogP contribution in [-0.2, 0) is 16.1 Å². The number of rotatable bonds is 6. The SMILES string of the molecule is CCN(O)C(=O)c1cccc(N2CCC(O)(C(=O)NCc3cc(F)cc(Cl)c3)C2=O)c1. The zero-order valence-corrected chi connectivity index (χ0v) is 17.4. The predicted molar refractivity (Wildman–Crippen MR) is 110 cm³/mol. The molecule has 1 atom stereocenters. The van der Waals surface area contributed by atoms with Gasteiger partial charge in [0.05, 0.1) is 0 Å². The van der Waals surface area contributed by atoms with Gasteiger partial charge in [0.15, 0.2) is 0 Å². The third-order valence-electron chi connectivity index (χ3n) is 4.99. The molecule has 1 saturated heterocycles. The molecule has 0 spiro atoms. The summed E-state index contributed by atoms with van der Waals surface area (Å²) in [6.07, 6.45) is -0.166. The van der Waals surface area contributed by atoms with Gasteiger partial charge in [-0.1, -0.05) is 17.7 Å². The molecule has 0 bridgehead atoms. The Morgan fingerprint density at radius 2 is 2.03 bits per heavy atom. The minimum atomic E-state index is -2.30. The van der Waals surface area contributed by atoms with Crippen molar-refractivity contribution in [3.05, 3.63) is 64.4 Å². The molecule has 8 nitrogen and oxygen atoms in total. The number of anilines is 1. The van der Waals surface area contributed by atoms with E-state index in [9.17, 15) is 29.1 Å². The zero-order valence-electron chi connectivity index (χ0n) is 16.6. The number of amides is 3. The zero-order chi connectivity index (χ0) is 22.8. The summed E-state index contributed by atoms with van der Waals surface area (Å²) < 4.78 is 13.4. The second-order valence-corrected chi connectivity index (χ2v) is 7.54. The third kappa shape index (κ3) is 4.68. The molecule has 2 aromatic carbocycles. The van der Waals surface area contributed by atoms with Crippen molar-refractivity contribution in [3.8, 4) is 0 Å². The first-order chi connectivity index (χ1) is 14.7. The molecule has 0 saturated carbocycles. The molecule has 1 aliphatic heterocycles. The van der Waals surface area contributed by atoms with Crippen LogP contribution in [0.15, 0.2) is 42.5 Å². The normalized spacial score (nSPS) is 18.2. The molecule has 10 heteroatoms. The number of carbonyl (C=O) groups is 3. The number of nitrogens with zero attached hydrogens (tertiary/aromatic N) is 2. The molecule has 2 aromatic rings. The maximum atomic E-state index is 13.4. The molecule has 0 aliphatic carbocycles. The van der Waals surface area contributed by atoms with E-state index in [1.54, 1.807) is 13.0 Å². The molecule has 3 rings (SSSR count). The van der Waals surface area contributed by atoms with E-state index < -0.39 is 29.1 Å². The second-order valence-electron chi connectivity index (χ2n) is 7.10. The highest BCUT2D eigenvalue weighted by Crippen LogP contribution is 2.29. The Morgan fingerprint density at radius 1 is 1.29 bits per heavy atom. The molecule has 31 heavy (non-hydrogen) atoms. The topological polar surface area (TPSA) is 110 Å². The number of hydrogen-bond donors (Lipinski definition) is 3. The van der Waals surface area contributed by atoms with Crippen molar-refractivity contribution >= 4 is 35.0 Å². The molecule has 0 aromatic heterocycles. The Bertz CT molecular complexity index is 1010. The average Bonchev–Trinajstić information content (AvgIpc) is 3.06. The second kappa shape index (κ2) is 9.01. The van der Waals surface area contributed by atoms with Gasteiger partial charge in [-0.15, -0.1) is 0 Å². The van der Waals surface area contributed by atoms with Gasteiger partial charge < -0.3 is 15.3 Å². The predicted octanol–water partition coefficient (Wildman–Crippen LogP) is 2.11. The van der Waals surface area contributed by atoms with Crippen LogP contribution in [0.4, 0.5) is 10.1 Å². The summed E-state index contributed by atoms with van der Waals surface area (Å²) in [5.74, 6) is -2.97. The van der Waals surface area contributed by atoms with Crippen LogP contribution in [0.3, 0.4) is 0 Å². The van der Waals surface area contributed by atoms with Crippen LogP contribution in [0.1, 0.15) is 29.3 Å². The summed E-state index contributed by atoms with van der Waals surface area (Å²) in [5.41, 5.74) is -1.47. The van der Waals surface area contributed by atoms with Gasteiger partial charge in [-0.3, -0.25) is 19.6 Å². The molecule has 1 aliphatic rings. The number of nitrogens with one attached hydrogen (secondary N) is 1. The number of carbonyl (C=O) groups excluding carboxylic acids is 3. The summed E-state index contributed by atoms with van der Waals surface area (Å²) in [6, 6.07) is 9.73. The highest BCUT2D eigenvalue weighted by atomic mass is 35.5. The number of halogens is 2. The number of hydroxylamine groups is 2. The maximum Gasteiger partial charge on any atom is 0.277 e. The van der Waals surface area contributed by atoms with Crippen molar-refractivity contribution < 1.29 is 29.1 Å². The first-order valence-corrected chi connectivity index (χ1v) is 9.92. The average molecular weight is 450 g/mol. The molecule has 3 N–H and O–H groups in total. The van der Waals surface area contributed by atoms with E-state index in [1.807, 2.05) is 0 Å². The fourth-order valence-electron chi connectivity index (χ4n) is 3.30. The number of benzene rings is 2. The van der Waals surface area contributed by atoms with E-state index in [0.717, 1.165) is 6.07 Å². The van der Waals surface area contributed by atoms with E-state index in [0.29, 0.717) is 16.3 Å². The number of aliphatic hydroxyl groups is 1. The summed E-state index contributed by atoms with van der Waals surface area (Å²) in [5, 5.41) is 23.5. The van der Waals surface area contributed by atoms with Crippen molar-refractivity contribution in [2.45, 2.75) is 25.5 Å². The summed E-state index contributed by atoms with van der Waals surface area (Å²) >= 11 is 5.79. The first-order valence-electron chi connectivity index (χ1n) is 9.54. The third-order valence-corrected chi connectivity index (χ3v) is 5.20. The van der Waals surface area contributed by atoms with Gasteiger partial charge in [0.1, 0.15) is 5.82 Å². The molecule has 164 valence electrons. The summed E-state index contributed by atoms with van der Waals surface area (Å²) in [7, 11) is 0. The fourth-order valence-corrected chi connectivity index (χ4v) is 3.55. The largest absolute Gasteiger partial charge is 0.372 e. The Kier molecular flexibility index (Phi) is 6.59. The molecular formula is C21H21ClFN3O5. The van der Waals surface area contributed by atoms with Crippen molar-refractivity contribution in [1.29, 1.82) is 0 Å². The molecule has 3 amide bonds. The van der Waals surface area contributed by atoms with Gasteiger partial charge in [0, 0.05) is 42.3 Å². The van der Waals surface area contributed by atoms with E-state index >= 15 is 0 Å². The van der Waals surface area contributed by atoms with E-state index in [2.05, 4.69) is 5.32 Å². The highest BCUT2D eigenvalue weighted by molar-refractivity contribution is 6.30. The van der Waals surface area contributed by atoms with Crippen LogP contribution in [0.2, 0.25) is 5.02 Å². The lowest BCUT2D eigenvalue weighted by atomic mass is 10.0. The van der Waals surface area contributed by atoms with Crippen LogP contribution in [0.5, 0.6) is 0 Å². The van der Waals surface area contributed by atoms with Crippen molar-refractivity contribution in [2.75, 3.05) is 18.0 Å². The molecule has 1 heterocycles. The van der Waals surface area contributed by atoms with Crippen LogP contribution in [0, 0.1) is 5.82 Å². The Labute approximate surface area is 182 Å². The fraction of sp³-hybridized carbons (Fsp3) is 0.286. The Hall–Kier alpha value is -3.01.